The summed E-state index contributed by atoms with van der Waals surface area (Å²) in [5, 5.41) is 0. The predicted octanol–water partition coefficient (Wildman–Crippen LogP) is 4.84. The second-order valence-corrected chi connectivity index (χ2v) is 9.45. The van der Waals surface area contributed by atoms with Crippen molar-refractivity contribution >= 4 is 11.9 Å². The molecule has 3 aliphatic rings. The molecule has 0 radical (unpaired) electrons. The predicted molar refractivity (Wildman–Crippen MR) is 105 cm³/mol. The maximum Gasteiger partial charge on any atom is 0.311 e. The van der Waals surface area contributed by atoms with E-state index in [0.717, 1.165) is 32.1 Å². The van der Waals surface area contributed by atoms with Crippen molar-refractivity contribution in [1.29, 1.82) is 0 Å². The first-order valence-electron chi connectivity index (χ1n) is 10.3. The normalized spacial score (nSPS) is 38.3. The zero-order chi connectivity index (χ0) is 20.0. The molecule has 3 aliphatic carbocycles. The van der Waals surface area contributed by atoms with E-state index in [1.165, 1.54) is 25.2 Å². The molecule has 0 heterocycles. The van der Waals surface area contributed by atoms with E-state index in [9.17, 15) is 9.59 Å². The number of methoxy groups -OCH3 is 1. The highest BCUT2D eigenvalue weighted by atomic mass is 16.5. The summed E-state index contributed by atoms with van der Waals surface area (Å²) in [6, 6.07) is 0. The lowest BCUT2D eigenvalue weighted by Gasteiger charge is -2.57. The van der Waals surface area contributed by atoms with Gasteiger partial charge >= 0.3 is 11.9 Å². The maximum absolute atomic E-state index is 12.7. The van der Waals surface area contributed by atoms with Crippen molar-refractivity contribution in [3.05, 3.63) is 23.3 Å². The third kappa shape index (κ3) is 3.25. The van der Waals surface area contributed by atoms with Gasteiger partial charge in [0.15, 0.2) is 0 Å². The lowest BCUT2D eigenvalue weighted by Crippen LogP contribution is -2.54. The zero-order valence-electron chi connectivity index (χ0n) is 17.6. The van der Waals surface area contributed by atoms with Gasteiger partial charge in [-0.05, 0) is 66.9 Å². The van der Waals surface area contributed by atoms with E-state index in [1.54, 1.807) is 0 Å². The van der Waals surface area contributed by atoms with E-state index in [1.807, 2.05) is 0 Å². The Morgan fingerprint density at radius 2 is 1.93 bits per heavy atom. The quantitative estimate of drug-likeness (QED) is 0.664. The Kier molecular flexibility index (Phi) is 5.31. The number of ether oxygens (including phenoxy) is 2. The van der Waals surface area contributed by atoms with Gasteiger partial charge in [-0.25, -0.2) is 0 Å². The van der Waals surface area contributed by atoms with Gasteiger partial charge in [0, 0.05) is 6.92 Å². The Bertz CT molecular complexity index is 688. The summed E-state index contributed by atoms with van der Waals surface area (Å²) in [7, 11) is 1.50. The van der Waals surface area contributed by atoms with Crippen molar-refractivity contribution in [2.24, 2.45) is 28.6 Å². The first-order chi connectivity index (χ1) is 12.6. The zero-order valence-corrected chi connectivity index (χ0v) is 17.6. The molecule has 27 heavy (non-hydrogen) atoms. The number of carbonyl (C=O) groups excluding carboxylic acids is 2. The van der Waals surface area contributed by atoms with E-state index >= 15 is 0 Å². The second-order valence-electron chi connectivity index (χ2n) is 9.45. The average molecular weight is 375 g/mol. The number of carbonyl (C=O) groups is 2. The van der Waals surface area contributed by atoms with Gasteiger partial charge in [0.25, 0.3) is 0 Å². The Labute approximate surface area is 163 Å². The van der Waals surface area contributed by atoms with Crippen LogP contribution in [0.25, 0.3) is 0 Å². The third-order valence-corrected chi connectivity index (χ3v) is 7.55. The van der Waals surface area contributed by atoms with Crippen LogP contribution in [0.3, 0.4) is 0 Å². The number of rotatable bonds is 3. The summed E-state index contributed by atoms with van der Waals surface area (Å²) >= 11 is 0. The molecule has 1 saturated carbocycles. The highest BCUT2D eigenvalue weighted by Gasteiger charge is 2.58. The fraction of sp³-hybridized carbons (Fsp3) is 0.739. The number of hydrogen-bond donors (Lipinski definition) is 0. The molecule has 4 nitrogen and oxygen atoms in total. The van der Waals surface area contributed by atoms with E-state index in [2.05, 4.69) is 39.8 Å². The van der Waals surface area contributed by atoms with Crippen molar-refractivity contribution in [1.82, 2.24) is 0 Å². The molecule has 5 atom stereocenters. The van der Waals surface area contributed by atoms with Crippen LogP contribution < -0.4 is 0 Å². The SMILES string of the molecule is COC(=O)[C@]1(C)CCC[C@]2(C)[C@H]3C[C@H](OC(C)=O)C(C(C)C)=CC3=CC[C@@H]21. The van der Waals surface area contributed by atoms with Gasteiger partial charge in [0.05, 0.1) is 12.5 Å². The van der Waals surface area contributed by atoms with Crippen molar-refractivity contribution in [2.45, 2.75) is 72.8 Å². The maximum atomic E-state index is 12.7. The van der Waals surface area contributed by atoms with Crippen molar-refractivity contribution in [3.8, 4) is 0 Å². The monoisotopic (exact) mass is 374 g/mol. The number of fused-ring (bicyclic) bond motifs is 3. The van der Waals surface area contributed by atoms with Gasteiger partial charge in [-0.15, -0.1) is 0 Å². The molecule has 3 rings (SSSR count). The largest absolute Gasteiger partial charge is 0.469 e. The highest BCUT2D eigenvalue weighted by Crippen LogP contribution is 2.62. The molecule has 0 saturated heterocycles. The van der Waals surface area contributed by atoms with Gasteiger partial charge in [-0.2, -0.15) is 0 Å². The Hall–Kier alpha value is -1.58. The van der Waals surface area contributed by atoms with Crippen LogP contribution in [0.4, 0.5) is 0 Å². The van der Waals surface area contributed by atoms with Crippen LogP contribution in [0, 0.1) is 28.6 Å². The van der Waals surface area contributed by atoms with E-state index in [0.29, 0.717) is 11.8 Å². The van der Waals surface area contributed by atoms with E-state index in [4.69, 9.17) is 9.47 Å². The molecule has 0 aromatic carbocycles. The Morgan fingerprint density at radius 3 is 2.52 bits per heavy atom. The lowest BCUT2D eigenvalue weighted by molar-refractivity contribution is -0.167. The van der Waals surface area contributed by atoms with Gasteiger partial charge < -0.3 is 9.47 Å². The van der Waals surface area contributed by atoms with Crippen LogP contribution in [0.5, 0.6) is 0 Å². The van der Waals surface area contributed by atoms with Gasteiger partial charge in [0.1, 0.15) is 6.10 Å². The summed E-state index contributed by atoms with van der Waals surface area (Å²) in [5.41, 5.74) is 2.15. The lowest BCUT2D eigenvalue weighted by atomic mass is 9.46. The van der Waals surface area contributed by atoms with E-state index in [-0.39, 0.29) is 29.4 Å². The van der Waals surface area contributed by atoms with Crippen LogP contribution in [0.1, 0.15) is 66.7 Å². The first-order valence-corrected chi connectivity index (χ1v) is 10.3. The van der Waals surface area contributed by atoms with Crippen LogP contribution >= 0.6 is 0 Å². The summed E-state index contributed by atoms with van der Waals surface area (Å²) in [6.45, 7) is 10.2. The van der Waals surface area contributed by atoms with E-state index < -0.39 is 5.41 Å². The van der Waals surface area contributed by atoms with Crippen molar-refractivity contribution < 1.29 is 19.1 Å². The van der Waals surface area contributed by atoms with Gasteiger partial charge in [0.2, 0.25) is 0 Å². The topological polar surface area (TPSA) is 52.6 Å². The number of allylic oxidation sites excluding steroid dienone is 3. The van der Waals surface area contributed by atoms with Crippen LogP contribution in [0.15, 0.2) is 23.3 Å². The van der Waals surface area contributed by atoms with Crippen molar-refractivity contribution in [3.63, 3.8) is 0 Å². The van der Waals surface area contributed by atoms with Gasteiger partial charge in [-0.1, -0.05) is 39.3 Å². The fourth-order valence-electron chi connectivity index (χ4n) is 6.17. The Morgan fingerprint density at radius 1 is 1.22 bits per heavy atom. The minimum absolute atomic E-state index is 0.0165. The first kappa shape index (κ1) is 20.2. The second kappa shape index (κ2) is 7.10. The molecule has 1 fully saturated rings. The average Bonchev–Trinajstić information content (AvgIpc) is 2.60. The molecule has 0 aromatic rings. The minimum Gasteiger partial charge on any atom is -0.469 e. The third-order valence-electron chi connectivity index (χ3n) is 7.55. The fourth-order valence-corrected chi connectivity index (χ4v) is 6.17. The standard InChI is InChI=1S/C23H34O4/c1-14(2)17-12-16-8-9-20-22(4,18(16)13-19(17)27-15(3)24)10-7-11-23(20,5)21(25)26-6/h8,12,14,18-20H,7,9-11,13H2,1-6H3/t18-,19-,20-,22+,23+/m0/s1. The number of hydrogen-bond acceptors (Lipinski definition) is 4. The Balaban J connectivity index is 2.02. The number of esters is 2. The molecular weight excluding hydrogens is 340 g/mol. The minimum atomic E-state index is -0.442. The van der Waals surface area contributed by atoms with Gasteiger partial charge in [-0.3, -0.25) is 9.59 Å². The molecule has 150 valence electrons. The molecule has 0 unspecified atom stereocenters. The highest BCUT2D eigenvalue weighted by molar-refractivity contribution is 5.77. The molecule has 0 spiro atoms. The summed E-state index contributed by atoms with van der Waals surface area (Å²) < 4.78 is 10.9. The molecule has 4 heteroatoms. The molecule has 0 aromatic heterocycles. The molecule has 0 aliphatic heterocycles. The van der Waals surface area contributed by atoms with Crippen LogP contribution in [0.2, 0.25) is 0 Å². The van der Waals surface area contributed by atoms with Crippen molar-refractivity contribution in [2.75, 3.05) is 7.11 Å². The smallest absolute Gasteiger partial charge is 0.311 e. The molecular formula is C23H34O4. The van der Waals surface area contributed by atoms with Crippen LogP contribution in [-0.2, 0) is 19.1 Å². The van der Waals surface area contributed by atoms with Crippen LogP contribution in [-0.4, -0.2) is 25.2 Å². The molecule has 0 N–H and O–H groups in total. The molecule has 0 amide bonds. The summed E-state index contributed by atoms with van der Waals surface area (Å²) in [5.74, 6) is 0.605. The summed E-state index contributed by atoms with van der Waals surface area (Å²) in [4.78, 5) is 24.4. The molecule has 0 bridgehead atoms. The summed E-state index contributed by atoms with van der Waals surface area (Å²) in [6.07, 6.45) is 9.19.